The number of carboxylic acids is 1. The summed E-state index contributed by atoms with van der Waals surface area (Å²) in [5.41, 5.74) is 3.73. The minimum Gasteiger partial charge on any atom is -0.506 e. The van der Waals surface area contributed by atoms with E-state index in [1.165, 1.54) is 0 Å². The summed E-state index contributed by atoms with van der Waals surface area (Å²) in [4.78, 5) is 10.5. The van der Waals surface area contributed by atoms with Crippen molar-refractivity contribution in [2.24, 2.45) is 5.73 Å². The second kappa shape index (κ2) is 5.03. The summed E-state index contributed by atoms with van der Waals surface area (Å²) in [6.07, 6.45) is -5.43. The largest absolute Gasteiger partial charge is 0.506 e. The second-order valence-corrected chi connectivity index (χ2v) is 4.00. The fraction of sp³-hybridized carbons (Fsp3) is 0.300. The molecule has 1 aromatic carbocycles. The Morgan fingerprint density at radius 2 is 2.00 bits per heavy atom. The van der Waals surface area contributed by atoms with E-state index in [4.69, 9.17) is 27.5 Å². The van der Waals surface area contributed by atoms with E-state index >= 15 is 0 Å². The Kier molecular flexibility index (Phi) is 4.08. The zero-order valence-electron chi connectivity index (χ0n) is 8.83. The molecule has 0 aliphatic heterocycles. The Morgan fingerprint density at radius 3 is 2.44 bits per heavy atom. The molecule has 4 N–H and O–H groups in total. The minimum atomic E-state index is -4.76. The lowest BCUT2D eigenvalue weighted by Gasteiger charge is -2.18. The van der Waals surface area contributed by atoms with Gasteiger partial charge >= 0.3 is 12.1 Å². The van der Waals surface area contributed by atoms with Gasteiger partial charge in [-0.05, 0) is 17.7 Å². The number of alkyl halides is 3. The number of nitrogens with two attached hydrogens (primary N) is 1. The maximum absolute atomic E-state index is 12.7. The van der Waals surface area contributed by atoms with Crippen molar-refractivity contribution in [2.45, 2.75) is 18.6 Å². The normalized spacial score (nSPS) is 13.4. The molecule has 1 atom stereocenters. The van der Waals surface area contributed by atoms with Crippen molar-refractivity contribution in [1.82, 2.24) is 0 Å². The van der Waals surface area contributed by atoms with Crippen molar-refractivity contribution in [3.05, 3.63) is 28.3 Å². The zero-order chi connectivity index (χ0) is 14.1. The Labute approximate surface area is 105 Å². The van der Waals surface area contributed by atoms with Crippen LogP contribution in [0, 0.1) is 0 Å². The molecule has 0 aliphatic rings. The van der Waals surface area contributed by atoms with Gasteiger partial charge in [-0.1, -0.05) is 11.6 Å². The van der Waals surface area contributed by atoms with Gasteiger partial charge in [-0.2, -0.15) is 13.2 Å². The maximum atomic E-state index is 12.7. The van der Waals surface area contributed by atoms with Crippen LogP contribution in [0.15, 0.2) is 12.1 Å². The molecular weight excluding hydrogens is 275 g/mol. The highest BCUT2D eigenvalue weighted by Crippen LogP contribution is 2.39. The van der Waals surface area contributed by atoms with E-state index in [1.807, 2.05) is 0 Å². The van der Waals surface area contributed by atoms with Crippen LogP contribution in [0.2, 0.25) is 5.02 Å². The Morgan fingerprint density at radius 1 is 1.44 bits per heavy atom. The van der Waals surface area contributed by atoms with Gasteiger partial charge in [0.1, 0.15) is 5.75 Å². The summed E-state index contributed by atoms with van der Waals surface area (Å²) in [7, 11) is 0. The van der Waals surface area contributed by atoms with Crippen LogP contribution in [0.5, 0.6) is 5.75 Å². The number of aromatic hydroxyl groups is 1. The molecule has 0 spiro atoms. The number of aliphatic carboxylic acids is 1. The molecule has 0 saturated heterocycles. The predicted octanol–water partition coefficient (Wildman–Crippen LogP) is 2.54. The Hall–Kier alpha value is -1.47. The first kappa shape index (κ1) is 14.6. The van der Waals surface area contributed by atoms with E-state index < -0.39 is 41.5 Å². The molecule has 0 amide bonds. The molecule has 0 bridgehead atoms. The number of phenols is 1. The highest BCUT2D eigenvalue weighted by atomic mass is 35.5. The average Bonchev–Trinajstić information content (AvgIpc) is 2.18. The smallest absolute Gasteiger partial charge is 0.416 e. The molecule has 4 nitrogen and oxygen atoms in total. The third-order valence-corrected chi connectivity index (χ3v) is 2.52. The van der Waals surface area contributed by atoms with Crippen molar-refractivity contribution in [3.8, 4) is 5.75 Å². The van der Waals surface area contributed by atoms with Crippen LogP contribution in [-0.2, 0) is 11.0 Å². The molecule has 8 heteroatoms. The lowest BCUT2D eigenvalue weighted by Crippen LogP contribution is -2.20. The van der Waals surface area contributed by atoms with Crippen LogP contribution in [0.3, 0.4) is 0 Å². The summed E-state index contributed by atoms with van der Waals surface area (Å²) in [6.45, 7) is 0. The number of benzene rings is 1. The van der Waals surface area contributed by atoms with Gasteiger partial charge in [0.2, 0.25) is 0 Å². The summed E-state index contributed by atoms with van der Waals surface area (Å²) >= 11 is 5.50. The van der Waals surface area contributed by atoms with E-state index in [0.29, 0.717) is 6.07 Å². The highest BCUT2D eigenvalue weighted by molar-refractivity contribution is 6.32. The van der Waals surface area contributed by atoms with Crippen molar-refractivity contribution in [3.63, 3.8) is 0 Å². The molecule has 18 heavy (non-hydrogen) atoms. The van der Waals surface area contributed by atoms with Gasteiger partial charge in [-0.15, -0.1) is 0 Å². The van der Waals surface area contributed by atoms with Crippen LogP contribution in [0.4, 0.5) is 13.2 Å². The van der Waals surface area contributed by atoms with Gasteiger partial charge in [-0.3, -0.25) is 4.79 Å². The molecule has 0 aliphatic carbocycles. The molecule has 1 unspecified atom stereocenters. The van der Waals surface area contributed by atoms with E-state index in [0.717, 1.165) is 6.07 Å². The van der Waals surface area contributed by atoms with Gasteiger partial charge in [-0.25, -0.2) is 0 Å². The molecule has 100 valence electrons. The average molecular weight is 284 g/mol. The summed E-state index contributed by atoms with van der Waals surface area (Å²) in [5, 5.41) is 17.4. The first-order chi connectivity index (χ1) is 8.12. The molecule has 0 heterocycles. The van der Waals surface area contributed by atoms with E-state index in [9.17, 15) is 18.0 Å². The molecule has 0 saturated carbocycles. The molecular formula is C10H9ClF3NO3. The fourth-order valence-corrected chi connectivity index (χ4v) is 1.60. The number of hydrogen-bond donors (Lipinski definition) is 3. The van der Waals surface area contributed by atoms with Gasteiger partial charge in [0.25, 0.3) is 0 Å². The first-order valence-electron chi connectivity index (χ1n) is 4.70. The first-order valence-corrected chi connectivity index (χ1v) is 5.07. The standard InChI is InChI=1S/C10H9ClF3NO3/c11-6-1-4(7(15)3-9(17)18)5(2-8(6)16)10(12,13)14/h1-2,7,16H,3,15H2,(H,17,18). The van der Waals surface area contributed by atoms with Crippen LogP contribution < -0.4 is 5.73 Å². The van der Waals surface area contributed by atoms with Gasteiger partial charge in [0.15, 0.2) is 0 Å². The number of carboxylic acid groups (broad SMARTS) is 1. The predicted molar refractivity (Wildman–Crippen MR) is 57.3 cm³/mol. The third-order valence-electron chi connectivity index (χ3n) is 2.22. The number of phenolic OH excluding ortho intramolecular Hbond substituents is 1. The maximum Gasteiger partial charge on any atom is 0.416 e. The zero-order valence-corrected chi connectivity index (χ0v) is 9.59. The van der Waals surface area contributed by atoms with Crippen LogP contribution in [0.25, 0.3) is 0 Å². The Balaban J connectivity index is 3.32. The lowest BCUT2D eigenvalue weighted by molar-refractivity contribution is -0.140. The molecule has 0 fully saturated rings. The van der Waals surface area contributed by atoms with Gasteiger partial charge in [0.05, 0.1) is 17.0 Å². The van der Waals surface area contributed by atoms with Crippen LogP contribution in [0.1, 0.15) is 23.6 Å². The van der Waals surface area contributed by atoms with Crippen molar-refractivity contribution in [2.75, 3.05) is 0 Å². The van der Waals surface area contributed by atoms with Gasteiger partial charge < -0.3 is 15.9 Å². The molecule has 1 rings (SSSR count). The van der Waals surface area contributed by atoms with E-state index in [1.54, 1.807) is 0 Å². The Bertz CT molecular complexity index is 476. The number of rotatable bonds is 3. The number of halogens is 4. The number of carbonyl (C=O) groups is 1. The summed E-state index contributed by atoms with van der Waals surface area (Å²) < 4.78 is 38.1. The molecule has 0 aromatic heterocycles. The monoisotopic (exact) mass is 283 g/mol. The topological polar surface area (TPSA) is 83.6 Å². The van der Waals surface area contributed by atoms with E-state index in [-0.39, 0.29) is 5.02 Å². The molecule has 1 aromatic rings. The number of hydrogen-bond acceptors (Lipinski definition) is 3. The van der Waals surface area contributed by atoms with Crippen LogP contribution in [-0.4, -0.2) is 16.2 Å². The van der Waals surface area contributed by atoms with Gasteiger partial charge in [0, 0.05) is 6.04 Å². The fourth-order valence-electron chi connectivity index (χ4n) is 1.43. The SMILES string of the molecule is NC(CC(=O)O)c1cc(Cl)c(O)cc1C(F)(F)F. The minimum absolute atomic E-state index is 0.321. The van der Waals surface area contributed by atoms with Crippen molar-refractivity contribution < 1.29 is 28.2 Å². The lowest BCUT2D eigenvalue weighted by atomic mass is 9.98. The molecule has 0 radical (unpaired) electrons. The van der Waals surface area contributed by atoms with E-state index in [2.05, 4.69) is 0 Å². The van der Waals surface area contributed by atoms with Crippen molar-refractivity contribution >= 4 is 17.6 Å². The van der Waals surface area contributed by atoms with Crippen molar-refractivity contribution in [1.29, 1.82) is 0 Å². The highest BCUT2D eigenvalue weighted by Gasteiger charge is 2.36. The summed E-state index contributed by atoms with van der Waals surface area (Å²) in [6, 6.07) is -0.107. The van der Waals surface area contributed by atoms with Crippen LogP contribution >= 0.6 is 11.6 Å². The third kappa shape index (κ3) is 3.27. The second-order valence-electron chi connectivity index (χ2n) is 3.59. The summed E-state index contributed by atoms with van der Waals surface area (Å²) in [5.74, 6) is -2.07. The quantitative estimate of drug-likeness (QED) is 0.796.